The average Bonchev–Trinajstić information content (AvgIpc) is 3.20. The van der Waals surface area contributed by atoms with E-state index in [1.165, 1.54) is 0 Å². The van der Waals surface area contributed by atoms with Crippen LogP contribution >= 0.6 is 0 Å². The fourth-order valence-corrected chi connectivity index (χ4v) is 4.74. The molecule has 3 saturated heterocycles. The van der Waals surface area contributed by atoms with E-state index in [1.54, 1.807) is 6.92 Å². The van der Waals surface area contributed by atoms with Gasteiger partial charge in [-0.1, -0.05) is 30.4 Å². The van der Waals surface area contributed by atoms with Gasteiger partial charge in [0.2, 0.25) is 6.29 Å². The van der Waals surface area contributed by atoms with Crippen LogP contribution in [0.2, 0.25) is 0 Å². The molecule has 1 N–H and O–H groups in total. The molecular weight excluding hydrogens is 350 g/mol. The van der Waals surface area contributed by atoms with Gasteiger partial charge in [0.15, 0.2) is 11.6 Å². The van der Waals surface area contributed by atoms with Crippen molar-refractivity contribution < 1.29 is 29.0 Å². The Kier molecular flexibility index (Phi) is 4.36. The van der Waals surface area contributed by atoms with E-state index in [0.29, 0.717) is 6.61 Å². The number of hydrogen-bond donors (Lipinski definition) is 1. The molecule has 5 rings (SSSR count). The first-order chi connectivity index (χ1) is 12.9. The highest BCUT2D eigenvalue weighted by Gasteiger charge is 2.62. The molecule has 4 aliphatic heterocycles. The second-order valence-electron chi connectivity index (χ2n) is 7.24. The van der Waals surface area contributed by atoms with Gasteiger partial charge < -0.3 is 19.5 Å². The van der Waals surface area contributed by atoms with Crippen molar-refractivity contribution >= 4 is 29.3 Å². The van der Waals surface area contributed by atoms with Crippen LogP contribution in [0.5, 0.6) is 0 Å². The third kappa shape index (κ3) is 2.78. The standard InChI is InChI=1S/C18H17NO4.C2H4O2/c1-9(20)16-15-13-8-22-18(23-13)17(21)14(15)12-7-6-10-4-2-3-5-11(10)19(12)16;1-2(3)4/h2-7,12-16,18H,8H2,1H3;1H3,(H,3,4)/t12-,13-,14-,15+,16-,18?;/m1./s1. The predicted molar refractivity (Wildman–Crippen MR) is 96.1 cm³/mol. The quantitative estimate of drug-likeness (QED) is 0.800. The first kappa shape index (κ1) is 17.9. The van der Waals surface area contributed by atoms with Crippen LogP contribution in [0.4, 0.5) is 5.69 Å². The molecule has 1 aromatic rings. The van der Waals surface area contributed by atoms with Crippen LogP contribution in [-0.2, 0) is 23.9 Å². The Bertz CT molecular complexity index is 830. The lowest BCUT2D eigenvalue weighted by Crippen LogP contribution is -2.48. The van der Waals surface area contributed by atoms with Crippen LogP contribution in [-0.4, -0.2) is 53.7 Å². The van der Waals surface area contributed by atoms with Gasteiger partial charge in [0.1, 0.15) is 0 Å². The number of benzene rings is 1. The maximum atomic E-state index is 12.8. The van der Waals surface area contributed by atoms with E-state index in [-0.39, 0.29) is 41.6 Å². The summed E-state index contributed by atoms with van der Waals surface area (Å²) in [5.41, 5.74) is 2.11. The summed E-state index contributed by atoms with van der Waals surface area (Å²) in [6.07, 6.45) is 3.19. The number of Topliss-reactive ketones (excluding diaryl/α,β-unsaturated/α-hetero) is 2. The van der Waals surface area contributed by atoms with Gasteiger partial charge in [-0.15, -0.1) is 0 Å². The monoisotopic (exact) mass is 371 g/mol. The highest BCUT2D eigenvalue weighted by molar-refractivity contribution is 5.95. The number of carboxylic acid groups (broad SMARTS) is 1. The number of ketones is 2. The Morgan fingerprint density at radius 3 is 2.63 bits per heavy atom. The van der Waals surface area contributed by atoms with Crippen LogP contribution < -0.4 is 4.90 Å². The van der Waals surface area contributed by atoms with Crippen LogP contribution in [0.1, 0.15) is 19.4 Å². The van der Waals surface area contributed by atoms with Gasteiger partial charge in [-0.05, 0) is 18.6 Å². The summed E-state index contributed by atoms with van der Waals surface area (Å²) in [6.45, 7) is 3.09. The molecule has 3 fully saturated rings. The van der Waals surface area contributed by atoms with Crippen LogP contribution in [0.15, 0.2) is 30.3 Å². The number of hydrogen-bond acceptors (Lipinski definition) is 6. The number of carbonyl (C=O) groups excluding carboxylic acids is 2. The Hall–Kier alpha value is -2.51. The van der Waals surface area contributed by atoms with Gasteiger partial charge in [-0.25, -0.2) is 0 Å². The number of fused-ring (bicyclic) bond motifs is 8. The van der Waals surface area contributed by atoms with Gasteiger partial charge in [-0.3, -0.25) is 14.4 Å². The summed E-state index contributed by atoms with van der Waals surface area (Å²) >= 11 is 0. The number of para-hydroxylation sites is 1. The topological polar surface area (TPSA) is 93.1 Å². The van der Waals surface area contributed by atoms with E-state index in [2.05, 4.69) is 17.1 Å². The lowest BCUT2D eigenvalue weighted by molar-refractivity contribution is -0.164. The molecule has 0 aliphatic carbocycles. The van der Waals surface area contributed by atoms with E-state index in [1.807, 2.05) is 24.3 Å². The summed E-state index contributed by atoms with van der Waals surface area (Å²) in [4.78, 5) is 36.4. The molecule has 1 aromatic carbocycles. The zero-order valence-electron chi connectivity index (χ0n) is 15.1. The lowest BCUT2D eigenvalue weighted by atomic mass is 9.78. The van der Waals surface area contributed by atoms with Gasteiger partial charge >= 0.3 is 0 Å². The van der Waals surface area contributed by atoms with E-state index >= 15 is 0 Å². The van der Waals surface area contributed by atoms with Crippen molar-refractivity contribution in [3.05, 3.63) is 35.9 Å². The first-order valence-corrected chi connectivity index (χ1v) is 8.96. The highest BCUT2D eigenvalue weighted by Crippen LogP contribution is 2.50. The molecule has 0 saturated carbocycles. The molecule has 4 aliphatic rings. The lowest BCUT2D eigenvalue weighted by Gasteiger charge is -2.35. The van der Waals surface area contributed by atoms with E-state index < -0.39 is 12.3 Å². The Balaban J connectivity index is 0.000000413. The Morgan fingerprint density at radius 1 is 1.22 bits per heavy atom. The van der Waals surface area contributed by atoms with Gasteiger partial charge in [-0.2, -0.15) is 0 Å². The maximum absolute atomic E-state index is 12.8. The number of ether oxygens (including phenoxy) is 2. The molecule has 1 unspecified atom stereocenters. The van der Waals surface area contributed by atoms with Crippen molar-refractivity contribution in [1.82, 2.24) is 0 Å². The Morgan fingerprint density at radius 2 is 1.93 bits per heavy atom. The summed E-state index contributed by atoms with van der Waals surface area (Å²) < 4.78 is 11.2. The third-order valence-corrected chi connectivity index (χ3v) is 5.57. The van der Waals surface area contributed by atoms with Crippen LogP contribution in [0.25, 0.3) is 6.08 Å². The molecule has 7 heteroatoms. The molecule has 7 nitrogen and oxygen atoms in total. The minimum Gasteiger partial charge on any atom is -0.481 e. The van der Waals surface area contributed by atoms with Gasteiger partial charge in [0, 0.05) is 18.5 Å². The second kappa shape index (κ2) is 6.58. The Labute approximate surface area is 156 Å². The summed E-state index contributed by atoms with van der Waals surface area (Å²) in [5.74, 6) is -1.15. The average molecular weight is 371 g/mol. The molecule has 0 spiro atoms. The number of nitrogens with zero attached hydrogens (tertiary/aromatic N) is 1. The zero-order chi connectivity index (χ0) is 19.3. The number of rotatable bonds is 1. The highest BCUT2D eigenvalue weighted by atomic mass is 16.7. The molecule has 4 heterocycles. The number of aliphatic carboxylic acids is 1. The smallest absolute Gasteiger partial charge is 0.300 e. The molecule has 0 aromatic heterocycles. The largest absolute Gasteiger partial charge is 0.481 e. The molecule has 27 heavy (non-hydrogen) atoms. The van der Waals surface area contributed by atoms with Crippen molar-refractivity contribution in [2.45, 2.75) is 38.3 Å². The fourth-order valence-electron chi connectivity index (χ4n) is 4.74. The van der Waals surface area contributed by atoms with Crippen molar-refractivity contribution in [2.75, 3.05) is 11.5 Å². The molecule has 6 atom stereocenters. The van der Waals surface area contributed by atoms with E-state index in [4.69, 9.17) is 19.4 Å². The summed E-state index contributed by atoms with van der Waals surface area (Å²) in [5, 5.41) is 7.42. The van der Waals surface area contributed by atoms with Crippen molar-refractivity contribution in [2.24, 2.45) is 11.8 Å². The van der Waals surface area contributed by atoms with E-state index in [0.717, 1.165) is 18.2 Å². The zero-order valence-corrected chi connectivity index (χ0v) is 15.1. The minimum atomic E-state index is -0.833. The molecule has 142 valence electrons. The summed E-state index contributed by atoms with van der Waals surface area (Å²) in [7, 11) is 0. The van der Waals surface area contributed by atoms with Crippen molar-refractivity contribution in [1.29, 1.82) is 0 Å². The maximum Gasteiger partial charge on any atom is 0.300 e. The SMILES string of the molecule is CC(=O)O.CC(=O)[C@@H]1[C@@H]2[C@H](C(=O)C3OC[C@H]2O3)[C@H]2C=Cc3ccccc3N21. The number of anilines is 1. The van der Waals surface area contributed by atoms with Gasteiger partial charge in [0.05, 0.1) is 30.7 Å². The molecular formula is C20H21NO6. The number of carboxylic acids is 1. The minimum absolute atomic E-state index is 0.0217. The summed E-state index contributed by atoms with van der Waals surface area (Å²) in [6, 6.07) is 7.59. The number of carbonyl (C=O) groups is 3. The molecule has 0 amide bonds. The molecule has 0 radical (unpaired) electrons. The molecule has 2 bridgehead atoms. The fraction of sp³-hybridized carbons (Fsp3) is 0.450. The van der Waals surface area contributed by atoms with Crippen molar-refractivity contribution in [3.8, 4) is 0 Å². The van der Waals surface area contributed by atoms with Gasteiger partial charge in [0.25, 0.3) is 5.97 Å². The van der Waals surface area contributed by atoms with E-state index in [9.17, 15) is 9.59 Å². The normalized spacial score (nSPS) is 34.9. The predicted octanol–water partition coefficient (Wildman–Crippen LogP) is 1.51. The first-order valence-electron chi connectivity index (χ1n) is 8.96. The second-order valence-corrected chi connectivity index (χ2v) is 7.24. The van der Waals surface area contributed by atoms with Crippen LogP contribution in [0, 0.1) is 11.8 Å². The van der Waals surface area contributed by atoms with Crippen LogP contribution in [0.3, 0.4) is 0 Å². The van der Waals surface area contributed by atoms with Crippen molar-refractivity contribution in [3.63, 3.8) is 0 Å². The third-order valence-electron chi connectivity index (χ3n) is 5.57.